The van der Waals surface area contributed by atoms with Crippen LogP contribution in [0.4, 0.5) is 0 Å². The molecule has 1 amide bonds. The Hall–Kier alpha value is -2.61. The maximum Gasteiger partial charge on any atom is 0.277 e. The Kier molecular flexibility index (Phi) is 8.00. The molecule has 5 nitrogen and oxygen atoms in total. The summed E-state index contributed by atoms with van der Waals surface area (Å²) in [6.45, 7) is 11.1. The van der Waals surface area contributed by atoms with E-state index in [2.05, 4.69) is 79.9 Å². The lowest BCUT2D eigenvalue weighted by Crippen LogP contribution is -2.25. The molecule has 0 fully saturated rings. The second kappa shape index (κ2) is 10.5. The number of carbonyl (C=O) groups excluding carboxylic acids is 1. The molecule has 3 rings (SSSR count). The molecule has 0 saturated heterocycles. The molecule has 0 unspecified atom stereocenters. The van der Waals surface area contributed by atoms with E-state index in [0.29, 0.717) is 11.5 Å². The first kappa shape index (κ1) is 25.0. The molecular weight excluding hydrogens is 527 g/mol. The van der Waals surface area contributed by atoms with Crippen molar-refractivity contribution in [3.63, 3.8) is 0 Å². The topological polar surface area (TPSA) is 63.8 Å². The number of nitrogens with one attached hydrogen (secondary N) is 1. The minimum absolute atomic E-state index is 0.0632. The van der Waals surface area contributed by atoms with Gasteiger partial charge in [-0.25, -0.2) is 5.43 Å². The number of amides is 1. The molecule has 1 aromatic heterocycles. The molecule has 0 bridgehead atoms. The molecule has 0 spiro atoms. The lowest BCUT2D eigenvalue weighted by atomic mass is 9.72. The summed E-state index contributed by atoms with van der Waals surface area (Å²) >= 11 is 2.26. The Morgan fingerprint density at radius 1 is 1.00 bits per heavy atom. The van der Waals surface area contributed by atoms with Gasteiger partial charge in [-0.05, 0) is 81.8 Å². The number of ether oxygens (including phenoxy) is 1. The van der Waals surface area contributed by atoms with Crippen LogP contribution in [-0.2, 0) is 10.2 Å². The average Bonchev–Trinajstić information content (AvgIpc) is 3.20. The molecule has 2 aromatic carbocycles. The Morgan fingerprint density at radius 2 is 1.67 bits per heavy atom. The summed E-state index contributed by atoms with van der Waals surface area (Å²) in [6, 6.07) is 19.7. The van der Waals surface area contributed by atoms with Crippen LogP contribution in [0, 0.1) is 8.99 Å². The fourth-order valence-corrected chi connectivity index (χ4v) is 4.33. The Bertz CT molecular complexity index is 1090. The largest absolute Gasteiger partial charge is 0.484 e. The monoisotopic (exact) mass is 558 g/mol. The standard InChI is InChI=1S/C27H31IN2O3/c1-26(2,3)18-27(4,5)20-8-12-22(13-9-20)32-17-25(31)30-29-16-23-14-15-24(33-23)19-6-10-21(28)11-7-19/h6-16H,17-18H2,1-5H3,(H,30,31). The Balaban J connectivity index is 1.48. The smallest absolute Gasteiger partial charge is 0.277 e. The van der Waals surface area contributed by atoms with Crippen molar-refractivity contribution in [3.8, 4) is 17.1 Å². The first-order chi connectivity index (χ1) is 15.5. The summed E-state index contributed by atoms with van der Waals surface area (Å²) in [5.74, 6) is 1.61. The lowest BCUT2D eigenvalue weighted by molar-refractivity contribution is -0.123. The van der Waals surface area contributed by atoms with Crippen LogP contribution in [-0.4, -0.2) is 18.7 Å². The first-order valence-corrected chi connectivity index (χ1v) is 12.0. The SMILES string of the molecule is CC(C)(C)CC(C)(C)c1ccc(OCC(=O)NN=Cc2ccc(-c3ccc(I)cc3)o2)cc1. The second-order valence-electron chi connectivity index (χ2n) is 9.94. The van der Waals surface area contributed by atoms with Crippen molar-refractivity contribution in [3.05, 3.63) is 75.6 Å². The average molecular weight is 558 g/mol. The van der Waals surface area contributed by atoms with Crippen LogP contribution in [0.2, 0.25) is 0 Å². The molecular formula is C27H31IN2O3. The molecule has 33 heavy (non-hydrogen) atoms. The van der Waals surface area contributed by atoms with Gasteiger partial charge >= 0.3 is 0 Å². The van der Waals surface area contributed by atoms with Gasteiger partial charge in [0.25, 0.3) is 5.91 Å². The Morgan fingerprint density at radius 3 is 2.30 bits per heavy atom. The molecule has 6 heteroatoms. The lowest BCUT2D eigenvalue weighted by Gasteiger charge is -2.33. The fraction of sp³-hybridized carbons (Fsp3) is 0.333. The van der Waals surface area contributed by atoms with Gasteiger partial charge in [0.2, 0.25) is 0 Å². The summed E-state index contributed by atoms with van der Waals surface area (Å²) in [4.78, 5) is 12.1. The van der Waals surface area contributed by atoms with E-state index in [1.807, 2.05) is 48.5 Å². The highest BCUT2D eigenvalue weighted by Crippen LogP contribution is 2.36. The highest BCUT2D eigenvalue weighted by Gasteiger charge is 2.27. The van der Waals surface area contributed by atoms with Gasteiger partial charge < -0.3 is 9.15 Å². The minimum Gasteiger partial charge on any atom is -0.484 e. The molecule has 0 aliphatic heterocycles. The van der Waals surface area contributed by atoms with E-state index >= 15 is 0 Å². The van der Waals surface area contributed by atoms with Crippen molar-refractivity contribution in [1.29, 1.82) is 0 Å². The van der Waals surface area contributed by atoms with Crippen molar-refractivity contribution in [2.45, 2.75) is 46.5 Å². The van der Waals surface area contributed by atoms with Crippen molar-refractivity contribution in [1.82, 2.24) is 5.43 Å². The summed E-state index contributed by atoms with van der Waals surface area (Å²) in [5, 5.41) is 3.96. The highest BCUT2D eigenvalue weighted by molar-refractivity contribution is 14.1. The van der Waals surface area contributed by atoms with E-state index < -0.39 is 0 Å². The van der Waals surface area contributed by atoms with Crippen LogP contribution in [0.1, 0.15) is 52.4 Å². The number of carbonyl (C=O) groups is 1. The van der Waals surface area contributed by atoms with Crippen molar-refractivity contribution >= 4 is 34.7 Å². The van der Waals surface area contributed by atoms with Crippen molar-refractivity contribution in [2.24, 2.45) is 10.5 Å². The van der Waals surface area contributed by atoms with Gasteiger partial charge in [0.15, 0.2) is 6.61 Å². The third kappa shape index (κ3) is 7.74. The van der Waals surface area contributed by atoms with Gasteiger partial charge in [0.1, 0.15) is 17.3 Å². The van der Waals surface area contributed by atoms with E-state index in [4.69, 9.17) is 9.15 Å². The number of hydrogen-bond acceptors (Lipinski definition) is 4. The van der Waals surface area contributed by atoms with Crippen LogP contribution >= 0.6 is 22.6 Å². The molecule has 0 aliphatic carbocycles. The Labute approximate surface area is 209 Å². The van der Waals surface area contributed by atoms with Crippen LogP contribution in [0.5, 0.6) is 5.75 Å². The van der Waals surface area contributed by atoms with E-state index in [-0.39, 0.29) is 23.3 Å². The molecule has 0 saturated carbocycles. The zero-order valence-electron chi connectivity index (χ0n) is 19.8. The normalized spacial score (nSPS) is 12.2. The van der Waals surface area contributed by atoms with Crippen LogP contribution < -0.4 is 10.2 Å². The zero-order chi connectivity index (χ0) is 24.1. The number of hydrogen-bond donors (Lipinski definition) is 1. The maximum atomic E-state index is 12.1. The number of nitrogens with zero attached hydrogens (tertiary/aromatic N) is 1. The molecule has 3 aromatic rings. The van der Waals surface area contributed by atoms with Gasteiger partial charge in [0.05, 0.1) is 6.21 Å². The van der Waals surface area contributed by atoms with Gasteiger partial charge in [0, 0.05) is 9.13 Å². The van der Waals surface area contributed by atoms with Gasteiger partial charge in [-0.15, -0.1) is 0 Å². The van der Waals surface area contributed by atoms with Gasteiger partial charge in [-0.3, -0.25) is 4.79 Å². The van der Waals surface area contributed by atoms with Crippen molar-refractivity contribution < 1.29 is 13.9 Å². The molecule has 0 atom stereocenters. The van der Waals surface area contributed by atoms with Gasteiger partial charge in [-0.2, -0.15) is 5.10 Å². The molecule has 1 N–H and O–H groups in total. The molecule has 0 aliphatic rings. The predicted octanol–water partition coefficient (Wildman–Crippen LogP) is 6.79. The fourth-order valence-electron chi connectivity index (χ4n) is 3.97. The number of benzene rings is 2. The van der Waals surface area contributed by atoms with Crippen LogP contribution in [0.15, 0.2) is 70.2 Å². The molecule has 0 radical (unpaired) electrons. The van der Waals surface area contributed by atoms with E-state index in [1.54, 1.807) is 0 Å². The first-order valence-electron chi connectivity index (χ1n) is 10.9. The minimum atomic E-state index is -0.340. The summed E-state index contributed by atoms with van der Waals surface area (Å²) in [6.07, 6.45) is 2.54. The third-order valence-electron chi connectivity index (χ3n) is 5.11. The number of hydrazone groups is 1. The van der Waals surface area contributed by atoms with Crippen molar-refractivity contribution in [2.75, 3.05) is 6.61 Å². The highest BCUT2D eigenvalue weighted by atomic mass is 127. The van der Waals surface area contributed by atoms with E-state index in [1.165, 1.54) is 11.8 Å². The maximum absolute atomic E-state index is 12.1. The number of halogens is 1. The predicted molar refractivity (Wildman–Crippen MR) is 142 cm³/mol. The molecule has 1 heterocycles. The summed E-state index contributed by atoms with van der Waals surface area (Å²) < 4.78 is 12.5. The third-order valence-corrected chi connectivity index (χ3v) is 5.83. The van der Waals surface area contributed by atoms with Crippen LogP contribution in [0.3, 0.4) is 0 Å². The van der Waals surface area contributed by atoms with E-state index in [0.717, 1.165) is 21.3 Å². The quantitative estimate of drug-likeness (QED) is 0.188. The zero-order valence-corrected chi connectivity index (χ0v) is 22.0. The number of furan rings is 1. The summed E-state index contributed by atoms with van der Waals surface area (Å²) in [5.41, 5.74) is 5.01. The van der Waals surface area contributed by atoms with E-state index in [9.17, 15) is 4.79 Å². The second-order valence-corrected chi connectivity index (χ2v) is 11.2. The summed E-state index contributed by atoms with van der Waals surface area (Å²) in [7, 11) is 0. The van der Waals surface area contributed by atoms with Gasteiger partial charge in [-0.1, -0.05) is 58.9 Å². The molecule has 174 valence electrons. The number of rotatable bonds is 8. The van der Waals surface area contributed by atoms with Crippen LogP contribution in [0.25, 0.3) is 11.3 Å².